The molecule has 0 bridgehead atoms. The summed E-state index contributed by atoms with van der Waals surface area (Å²) < 4.78 is 0.755. The molecular formula is C12H19IN2OS. The van der Waals surface area contributed by atoms with Crippen molar-refractivity contribution in [2.75, 3.05) is 35.2 Å². The lowest BCUT2D eigenvalue weighted by Gasteiger charge is -2.23. The van der Waals surface area contributed by atoms with E-state index < -0.39 is 0 Å². The molecule has 0 unspecified atom stereocenters. The van der Waals surface area contributed by atoms with Crippen LogP contribution in [0.3, 0.4) is 0 Å². The molecule has 0 aliphatic carbocycles. The number of amides is 1. The van der Waals surface area contributed by atoms with Gasteiger partial charge in [-0.15, -0.1) is 0 Å². The van der Waals surface area contributed by atoms with Crippen molar-refractivity contribution in [3.05, 3.63) is 24.3 Å². The van der Waals surface area contributed by atoms with E-state index in [1.54, 1.807) is 19.0 Å². The SMILES string of the molecule is CN(C)C(=O)Sc1cccc([N+](C)(C)C)c1.[I-]. The van der Waals surface area contributed by atoms with Crippen LogP contribution in [0.5, 0.6) is 0 Å². The minimum atomic E-state index is 0. The van der Waals surface area contributed by atoms with Gasteiger partial charge in [-0.1, -0.05) is 6.07 Å². The van der Waals surface area contributed by atoms with E-state index in [4.69, 9.17) is 0 Å². The van der Waals surface area contributed by atoms with Gasteiger partial charge >= 0.3 is 0 Å². The largest absolute Gasteiger partial charge is 1.00 e. The van der Waals surface area contributed by atoms with Crippen LogP contribution in [0.4, 0.5) is 10.5 Å². The highest BCUT2D eigenvalue weighted by Gasteiger charge is 2.14. The van der Waals surface area contributed by atoms with Crippen molar-refractivity contribution in [3.8, 4) is 0 Å². The van der Waals surface area contributed by atoms with Gasteiger partial charge in [0, 0.05) is 25.1 Å². The number of quaternary nitrogens is 1. The van der Waals surface area contributed by atoms with Gasteiger partial charge in [0.2, 0.25) is 0 Å². The molecule has 5 heteroatoms. The molecule has 0 aliphatic heterocycles. The number of hydrogen-bond acceptors (Lipinski definition) is 2. The predicted octanol–water partition coefficient (Wildman–Crippen LogP) is -0.339. The van der Waals surface area contributed by atoms with E-state index in [-0.39, 0.29) is 29.2 Å². The Bertz CT molecular complexity index is 388. The first-order valence-electron chi connectivity index (χ1n) is 5.12. The van der Waals surface area contributed by atoms with Crippen LogP contribution in [-0.4, -0.2) is 45.4 Å². The van der Waals surface area contributed by atoms with Crippen molar-refractivity contribution in [2.24, 2.45) is 0 Å². The molecule has 0 saturated carbocycles. The van der Waals surface area contributed by atoms with Crippen LogP contribution in [0.2, 0.25) is 0 Å². The fourth-order valence-corrected chi connectivity index (χ4v) is 1.87. The molecule has 96 valence electrons. The predicted molar refractivity (Wildman–Crippen MR) is 70.9 cm³/mol. The molecule has 0 aliphatic rings. The van der Waals surface area contributed by atoms with Gasteiger partial charge in [-0.2, -0.15) is 0 Å². The number of nitrogens with zero attached hydrogens (tertiary/aromatic N) is 2. The van der Waals surface area contributed by atoms with E-state index in [0.29, 0.717) is 0 Å². The Hall–Kier alpha value is -0.270. The van der Waals surface area contributed by atoms with Crippen molar-refractivity contribution >= 4 is 22.7 Å². The van der Waals surface area contributed by atoms with Crippen molar-refractivity contribution in [2.45, 2.75) is 4.90 Å². The lowest BCUT2D eigenvalue weighted by atomic mass is 10.3. The van der Waals surface area contributed by atoms with Gasteiger partial charge in [0.1, 0.15) is 5.69 Å². The summed E-state index contributed by atoms with van der Waals surface area (Å²) in [6, 6.07) is 8.09. The van der Waals surface area contributed by atoms with Crippen LogP contribution in [0.1, 0.15) is 0 Å². The first-order chi connectivity index (χ1) is 7.30. The minimum Gasteiger partial charge on any atom is -1.00 e. The number of rotatable bonds is 2. The highest BCUT2D eigenvalue weighted by atomic mass is 127. The topological polar surface area (TPSA) is 20.3 Å². The smallest absolute Gasteiger partial charge is 0.285 e. The third-order valence-corrected chi connectivity index (χ3v) is 3.19. The summed E-state index contributed by atoms with van der Waals surface area (Å²) in [6.45, 7) is 0. The van der Waals surface area contributed by atoms with Crippen molar-refractivity contribution < 1.29 is 28.8 Å². The molecule has 0 saturated heterocycles. The Morgan fingerprint density at radius 2 is 1.82 bits per heavy atom. The number of halogens is 1. The van der Waals surface area contributed by atoms with Gasteiger partial charge in [0.25, 0.3) is 5.24 Å². The number of benzene rings is 1. The molecule has 17 heavy (non-hydrogen) atoms. The van der Waals surface area contributed by atoms with Crippen LogP contribution < -0.4 is 28.5 Å². The van der Waals surface area contributed by atoms with E-state index in [9.17, 15) is 4.79 Å². The third kappa shape index (κ3) is 5.27. The molecule has 0 heterocycles. The average molecular weight is 366 g/mol. The fraction of sp³-hybridized carbons (Fsp3) is 0.417. The summed E-state index contributed by atoms with van der Waals surface area (Å²) in [4.78, 5) is 14.1. The highest BCUT2D eigenvalue weighted by molar-refractivity contribution is 8.13. The molecule has 1 aromatic carbocycles. The maximum absolute atomic E-state index is 11.6. The van der Waals surface area contributed by atoms with E-state index in [1.807, 2.05) is 12.1 Å². The number of thioether (sulfide) groups is 1. The fourth-order valence-electron chi connectivity index (χ4n) is 1.16. The van der Waals surface area contributed by atoms with E-state index in [2.05, 4.69) is 33.3 Å². The van der Waals surface area contributed by atoms with Gasteiger partial charge in [-0.05, 0) is 23.9 Å². The molecule has 0 radical (unpaired) electrons. The Morgan fingerprint density at radius 1 is 1.24 bits per heavy atom. The van der Waals surface area contributed by atoms with Gasteiger partial charge in [-0.3, -0.25) is 9.28 Å². The average Bonchev–Trinajstić information content (AvgIpc) is 2.16. The van der Waals surface area contributed by atoms with Crippen molar-refractivity contribution in [1.29, 1.82) is 0 Å². The monoisotopic (exact) mass is 366 g/mol. The Kier molecular flexibility index (Phi) is 6.50. The first kappa shape index (κ1) is 16.7. The molecular weight excluding hydrogens is 347 g/mol. The number of hydrogen-bond donors (Lipinski definition) is 0. The van der Waals surface area contributed by atoms with Gasteiger partial charge in [-0.25, -0.2) is 0 Å². The summed E-state index contributed by atoms with van der Waals surface area (Å²) in [7, 11) is 9.85. The quantitative estimate of drug-likeness (QED) is 0.406. The molecule has 0 spiro atoms. The normalized spacial score (nSPS) is 10.6. The second-order valence-electron chi connectivity index (χ2n) is 4.77. The molecule has 0 fully saturated rings. The van der Waals surface area contributed by atoms with Crippen LogP contribution in [0.15, 0.2) is 29.2 Å². The molecule has 1 amide bonds. The van der Waals surface area contributed by atoms with E-state index in [1.165, 1.54) is 17.4 Å². The van der Waals surface area contributed by atoms with E-state index in [0.717, 1.165) is 9.38 Å². The maximum Gasteiger partial charge on any atom is 0.285 e. The molecule has 3 nitrogen and oxygen atoms in total. The van der Waals surface area contributed by atoms with Gasteiger partial charge in [0.15, 0.2) is 0 Å². The zero-order valence-electron chi connectivity index (χ0n) is 10.9. The highest BCUT2D eigenvalue weighted by Crippen LogP contribution is 2.26. The second-order valence-corrected chi connectivity index (χ2v) is 5.80. The van der Waals surface area contributed by atoms with Gasteiger partial charge < -0.3 is 28.9 Å². The zero-order valence-corrected chi connectivity index (χ0v) is 13.9. The lowest BCUT2D eigenvalue weighted by Crippen LogP contribution is -3.00. The summed E-state index contributed by atoms with van der Waals surface area (Å²) >= 11 is 1.26. The summed E-state index contributed by atoms with van der Waals surface area (Å²) in [5, 5.41) is 0.0542. The molecule has 1 aromatic rings. The Labute approximate surface area is 125 Å². The molecule has 0 atom stereocenters. The van der Waals surface area contributed by atoms with Crippen molar-refractivity contribution in [1.82, 2.24) is 9.38 Å². The summed E-state index contributed by atoms with van der Waals surface area (Å²) in [6.07, 6.45) is 0. The minimum absolute atomic E-state index is 0. The Morgan fingerprint density at radius 3 is 2.29 bits per heavy atom. The third-order valence-electron chi connectivity index (χ3n) is 2.16. The number of carbonyl (C=O) groups is 1. The first-order valence-corrected chi connectivity index (χ1v) is 5.93. The standard InChI is InChI=1S/C12H19N2OS.HI/c1-13(2)12(15)16-11-8-6-7-10(9-11)14(3,4)5;/h6-9H,1-5H3;1H/q+1;/p-1. The zero-order chi connectivity index (χ0) is 12.3. The van der Waals surface area contributed by atoms with Crippen LogP contribution >= 0.6 is 11.8 Å². The lowest BCUT2D eigenvalue weighted by molar-refractivity contribution is -0.00000631. The summed E-state index contributed by atoms with van der Waals surface area (Å²) in [5.41, 5.74) is 1.19. The van der Waals surface area contributed by atoms with Crippen molar-refractivity contribution in [3.63, 3.8) is 0 Å². The van der Waals surface area contributed by atoms with Crippen LogP contribution in [0, 0.1) is 0 Å². The molecule has 0 N–H and O–H groups in total. The maximum atomic E-state index is 11.6. The summed E-state index contributed by atoms with van der Waals surface area (Å²) in [5.74, 6) is 0. The number of carbonyl (C=O) groups excluding carboxylic acids is 1. The Balaban J connectivity index is 0.00000256. The van der Waals surface area contributed by atoms with Gasteiger partial charge in [0.05, 0.1) is 21.1 Å². The van der Waals surface area contributed by atoms with E-state index >= 15 is 0 Å². The molecule has 1 rings (SSSR count). The van der Waals surface area contributed by atoms with Crippen LogP contribution in [-0.2, 0) is 0 Å². The molecule has 0 aromatic heterocycles. The second kappa shape index (κ2) is 6.61. The van der Waals surface area contributed by atoms with Crippen LogP contribution in [0.25, 0.3) is 0 Å².